The highest BCUT2D eigenvalue weighted by Gasteiger charge is 2.22. The molecule has 31 heavy (non-hydrogen) atoms. The molecule has 0 bridgehead atoms. The number of aryl methyl sites for hydroxylation is 2. The minimum absolute atomic E-state index is 0.000368. The third-order valence-corrected chi connectivity index (χ3v) is 6.67. The van der Waals surface area contributed by atoms with Gasteiger partial charge >= 0.3 is 0 Å². The minimum atomic E-state index is -4.02. The largest absolute Gasteiger partial charge is 0.346 e. The topological polar surface area (TPSA) is 75.3 Å². The molecule has 0 spiro atoms. The zero-order valence-corrected chi connectivity index (χ0v) is 18.8. The van der Waals surface area contributed by atoms with Gasteiger partial charge in [0.05, 0.1) is 16.8 Å². The van der Waals surface area contributed by atoms with Gasteiger partial charge in [-0.1, -0.05) is 41.4 Å². The molecule has 5 nitrogen and oxygen atoms in total. The van der Waals surface area contributed by atoms with Crippen LogP contribution in [0.25, 0.3) is 0 Å². The Bertz CT molecular complexity index is 1230. The smallest absolute Gasteiger partial charge is 0.263 e. The molecule has 0 heterocycles. The summed E-state index contributed by atoms with van der Waals surface area (Å²) in [5.41, 5.74) is 3.06. The first-order chi connectivity index (χ1) is 14.6. The average molecular weight is 461 g/mol. The second-order valence-electron chi connectivity index (χ2n) is 7.32. The lowest BCUT2D eigenvalue weighted by Crippen LogP contribution is -2.27. The van der Waals surface area contributed by atoms with Crippen LogP contribution < -0.4 is 10.0 Å². The molecule has 1 amide bonds. The van der Waals surface area contributed by atoms with Gasteiger partial charge in [-0.25, -0.2) is 12.8 Å². The molecule has 0 saturated carbocycles. The monoisotopic (exact) mass is 460 g/mol. The quantitative estimate of drug-likeness (QED) is 0.518. The summed E-state index contributed by atoms with van der Waals surface area (Å²) in [6, 6.07) is 14.8. The van der Waals surface area contributed by atoms with Crippen molar-refractivity contribution < 1.29 is 17.6 Å². The third kappa shape index (κ3) is 5.42. The Morgan fingerprint density at radius 3 is 2.32 bits per heavy atom. The highest BCUT2D eigenvalue weighted by atomic mass is 35.5. The van der Waals surface area contributed by atoms with Gasteiger partial charge in [0.2, 0.25) is 0 Å². The molecule has 0 saturated heterocycles. The van der Waals surface area contributed by atoms with Crippen LogP contribution in [0.1, 0.15) is 40.0 Å². The van der Waals surface area contributed by atoms with Gasteiger partial charge < -0.3 is 5.32 Å². The number of amides is 1. The summed E-state index contributed by atoms with van der Waals surface area (Å²) in [5, 5.41) is 2.78. The number of rotatable bonds is 6. The molecule has 2 N–H and O–H groups in total. The number of halogens is 2. The van der Waals surface area contributed by atoms with Crippen molar-refractivity contribution in [2.75, 3.05) is 4.72 Å². The van der Waals surface area contributed by atoms with Crippen LogP contribution in [-0.4, -0.2) is 14.3 Å². The fourth-order valence-electron chi connectivity index (χ4n) is 3.09. The molecule has 0 aliphatic carbocycles. The summed E-state index contributed by atoms with van der Waals surface area (Å²) < 4.78 is 41.5. The maximum absolute atomic E-state index is 13.1. The van der Waals surface area contributed by atoms with Gasteiger partial charge in [-0.05, 0) is 68.3 Å². The van der Waals surface area contributed by atoms with Gasteiger partial charge in [0.15, 0.2) is 0 Å². The number of hydrogen-bond donors (Lipinski definition) is 2. The number of sulfonamides is 1. The summed E-state index contributed by atoms with van der Waals surface area (Å²) >= 11 is 6.15. The van der Waals surface area contributed by atoms with E-state index in [2.05, 4.69) is 10.0 Å². The summed E-state index contributed by atoms with van der Waals surface area (Å²) in [4.78, 5) is 12.5. The van der Waals surface area contributed by atoms with E-state index in [0.29, 0.717) is 11.3 Å². The van der Waals surface area contributed by atoms with Gasteiger partial charge in [-0.15, -0.1) is 0 Å². The van der Waals surface area contributed by atoms with Crippen LogP contribution >= 0.6 is 11.6 Å². The van der Waals surface area contributed by atoms with E-state index in [1.54, 1.807) is 38.1 Å². The van der Waals surface area contributed by atoms with Crippen molar-refractivity contribution >= 4 is 33.2 Å². The van der Waals surface area contributed by atoms with Crippen LogP contribution in [0.4, 0.5) is 10.1 Å². The highest BCUT2D eigenvalue weighted by Crippen LogP contribution is 2.27. The van der Waals surface area contributed by atoms with E-state index >= 15 is 0 Å². The summed E-state index contributed by atoms with van der Waals surface area (Å²) in [5.74, 6) is -0.845. The van der Waals surface area contributed by atoms with Crippen molar-refractivity contribution in [3.63, 3.8) is 0 Å². The zero-order valence-electron chi connectivity index (χ0n) is 17.2. The summed E-state index contributed by atoms with van der Waals surface area (Å²) in [7, 11) is -4.02. The Balaban J connectivity index is 1.84. The molecule has 0 unspecified atom stereocenters. The molecule has 162 valence electrons. The summed E-state index contributed by atoms with van der Waals surface area (Å²) in [6.07, 6.45) is 0. The standard InChI is InChI=1S/C23H22ClFN2O3S/c1-14-4-11-21(15(2)12-14)27-31(29,30)22-13-18(7-10-20(22)24)23(28)26-16(3)17-5-8-19(25)9-6-17/h4-13,16,27H,1-3H3,(H,26,28)/t16-/m1/s1. The maximum atomic E-state index is 13.1. The number of anilines is 1. The van der Waals surface area contributed by atoms with Gasteiger partial charge in [-0.2, -0.15) is 0 Å². The van der Waals surface area contributed by atoms with Crippen molar-refractivity contribution in [3.05, 3.63) is 93.8 Å². The van der Waals surface area contributed by atoms with Gasteiger partial charge in [0, 0.05) is 5.56 Å². The highest BCUT2D eigenvalue weighted by molar-refractivity contribution is 7.92. The first-order valence-electron chi connectivity index (χ1n) is 9.53. The summed E-state index contributed by atoms with van der Waals surface area (Å²) in [6.45, 7) is 5.46. The van der Waals surface area contributed by atoms with E-state index in [1.165, 1.54) is 30.3 Å². The maximum Gasteiger partial charge on any atom is 0.263 e. The first-order valence-corrected chi connectivity index (χ1v) is 11.4. The third-order valence-electron chi connectivity index (χ3n) is 4.83. The zero-order chi connectivity index (χ0) is 22.8. The Morgan fingerprint density at radius 2 is 1.68 bits per heavy atom. The van der Waals surface area contributed by atoms with Gasteiger partial charge in [0.1, 0.15) is 10.7 Å². The van der Waals surface area contributed by atoms with Crippen molar-refractivity contribution in [1.82, 2.24) is 5.32 Å². The molecule has 8 heteroatoms. The molecule has 0 aromatic heterocycles. The van der Waals surface area contributed by atoms with Gasteiger partial charge in [0.25, 0.3) is 15.9 Å². The number of carbonyl (C=O) groups is 1. The Morgan fingerprint density at radius 1 is 1.00 bits per heavy atom. The fraction of sp³-hybridized carbons (Fsp3) is 0.174. The van der Waals surface area contributed by atoms with Crippen molar-refractivity contribution in [1.29, 1.82) is 0 Å². The molecule has 3 rings (SSSR count). The number of benzene rings is 3. The second kappa shape index (κ2) is 9.08. The van der Waals surface area contributed by atoms with E-state index in [1.807, 2.05) is 13.0 Å². The molecule has 0 radical (unpaired) electrons. The van der Waals surface area contributed by atoms with Crippen LogP contribution in [0.3, 0.4) is 0 Å². The van der Waals surface area contributed by atoms with Crippen LogP contribution in [0.5, 0.6) is 0 Å². The average Bonchev–Trinajstić information content (AvgIpc) is 2.70. The van der Waals surface area contributed by atoms with Crippen molar-refractivity contribution in [2.45, 2.75) is 31.7 Å². The normalized spacial score (nSPS) is 12.3. The molecule has 0 aliphatic heterocycles. The fourth-order valence-corrected chi connectivity index (χ4v) is 4.75. The van der Waals surface area contributed by atoms with E-state index in [-0.39, 0.29) is 21.3 Å². The van der Waals surface area contributed by atoms with Crippen LogP contribution in [-0.2, 0) is 10.0 Å². The molecular weight excluding hydrogens is 439 g/mol. The lowest BCUT2D eigenvalue weighted by atomic mass is 10.1. The number of nitrogens with one attached hydrogen (secondary N) is 2. The molecule has 0 fully saturated rings. The molecule has 0 aliphatic rings. The number of hydrogen-bond acceptors (Lipinski definition) is 3. The van der Waals surface area contributed by atoms with Crippen LogP contribution in [0, 0.1) is 19.7 Å². The predicted octanol–water partition coefficient (Wildman–Crippen LogP) is 5.39. The molecular formula is C23H22ClFN2O3S. The van der Waals surface area contributed by atoms with Crippen LogP contribution in [0.15, 0.2) is 65.6 Å². The molecule has 3 aromatic carbocycles. The van der Waals surface area contributed by atoms with E-state index in [0.717, 1.165) is 11.1 Å². The minimum Gasteiger partial charge on any atom is -0.346 e. The lowest BCUT2D eigenvalue weighted by Gasteiger charge is -2.16. The Kier molecular flexibility index (Phi) is 6.67. The van der Waals surface area contributed by atoms with Crippen molar-refractivity contribution in [2.24, 2.45) is 0 Å². The number of carbonyl (C=O) groups excluding carboxylic acids is 1. The Hall–Kier alpha value is -2.90. The van der Waals surface area contributed by atoms with E-state index in [9.17, 15) is 17.6 Å². The SMILES string of the molecule is Cc1ccc(NS(=O)(=O)c2cc(C(=O)N[C@H](C)c3ccc(F)cc3)ccc2Cl)c(C)c1. The second-order valence-corrected chi connectivity index (χ2v) is 9.37. The molecule has 1 atom stereocenters. The van der Waals surface area contributed by atoms with Crippen LogP contribution in [0.2, 0.25) is 5.02 Å². The first kappa shape index (κ1) is 22.8. The van der Waals surface area contributed by atoms with Crippen molar-refractivity contribution in [3.8, 4) is 0 Å². The van der Waals surface area contributed by atoms with Gasteiger partial charge in [-0.3, -0.25) is 9.52 Å². The molecule has 3 aromatic rings. The lowest BCUT2D eigenvalue weighted by molar-refractivity contribution is 0.0939. The Labute approximate surface area is 186 Å². The predicted molar refractivity (Wildman–Crippen MR) is 120 cm³/mol. The van der Waals surface area contributed by atoms with E-state index < -0.39 is 22.0 Å². The van der Waals surface area contributed by atoms with E-state index in [4.69, 9.17) is 11.6 Å².